The van der Waals surface area contributed by atoms with Crippen molar-refractivity contribution in [3.63, 3.8) is 0 Å². The van der Waals surface area contributed by atoms with Gasteiger partial charge in [0.05, 0.1) is 18.2 Å². The van der Waals surface area contributed by atoms with Gasteiger partial charge in [0.1, 0.15) is 5.82 Å². The number of nitrogens with one attached hydrogen (secondary N) is 1. The van der Waals surface area contributed by atoms with Crippen molar-refractivity contribution in [3.05, 3.63) is 52.3 Å². The van der Waals surface area contributed by atoms with Crippen molar-refractivity contribution in [2.45, 2.75) is 13.3 Å². The fourth-order valence-corrected chi connectivity index (χ4v) is 2.50. The fraction of sp³-hybridized carbons (Fsp3) is 0.235. The SMILES string of the molecule is Cc1ccc(NC(=O)c2cc(Cl)c3c(c2)OCCCO3)cc1F. The highest BCUT2D eigenvalue weighted by Gasteiger charge is 2.18. The summed E-state index contributed by atoms with van der Waals surface area (Å²) < 4.78 is 24.6. The first-order chi connectivity index (χ1) is 11.0. The second-order valence-corrected chi connectivity index (χ2v) is 5.66. The van der Waals surface area contributed by atoms with E-state index in [1.165, 1.54) is 12.1 Å². The molecule has 23 heavy (non-hydrogen) atoms. The summed E-state index contributed by atoms with van der Waals surface area (Å²) in [6, 6.07) is 7.60. The average molecular weight is 336 g/mol. The Bertz CT molecular complexity index is 764. The lowest BCUT2D eigenvalue weighted by Crippen LogP contribution is -2.12. The molecular weight excluding hydrogens is 321 g/mol. The van der Waals surface area contributed by atoms with Gasteiger partial charge < -0.3 is 14.8 Å². The third kappa shape index (κ3) is 3.40. The van der Waals surface area contributed by atoms with Crippen molar-refractivity contribution < 1.29 is 18.7 Å². The highest BCUT2D eigenvalue weighted by Crippen LogP contribution is 2.38. The molecule has 120 valence electrons. The van der Waals surface area contributed by atoms with E-state index in [1.54, 1.807) is 25.1 Å². The molecule has 1 N–H and O–H groups in total. The van der Waals surface area contributed by atoms with Gasteiger partial charge in [-0.3, -0.25) is 4.79 Å². The molecule has 0 saturated carbocycles. The van der Waals surface area contributed by atoms with Gasteiger partial charge in [0, 0.05) is 17.7 Å². The number of ether oxygens (including phenoxy) is 2. The van der Waals surface area contributed by atoms with Crippen LogP contribution in [0.25, 0.3) is 0 Å². The number of fused-ring (bicyclic) bond motifs is 1. The minimum atomic E-state index is -0.397. The molecule has 6 heteroatoms. The molecule has 0 aliphatic carbocycles. The summed E-state index contributed by atoms with van der Waals surface area (Å²) in [4.78, 5) is 12.3. The summed E-state index contributed by atoms with van der Waals surface area (Å²) in [6.07, 6.45) is 0.745. The maximum atomic E-state index is 13.6. The van der Waals surface area contributed by atoms with E-state index in [2.05, 4.69) is 5.32 Å². The van der Waals surface area contributed by atoms with E-state index in [-0.39, 0.29) is 5.82 Å². The number of carbonyl (C=O) groups excluding carboxylic acids is 1. The summed E-state index contributed by atoms with van der Waals surface area (Å²) in [5.74, 6) is 0.114. The Hall–Kier alpha value is -2.27. The molecule has 2 aromatic carbocycles. The zero-order valence-electron chi connectivity index (χ0n) is 12.5. The molecule has 0 bridgehead atoms. The summed E-state index contributed by atoms with van der Waals surface area (Å²) >= 11 is 6.17. The number of aryl methyl sites for hydroxylation is 1. The van der Waals surface area contributed by atoms with E-state index >= 15 is 0 Å². The van der Waals surface area contributed by atoms with E-state index in [9.17, 15) is 9.18 Å². The average Bonchev–Trinajstić information content (AvgIpc) is 2.76. The molecule has 1 aliphatic heterocycles. The van der Waals surface area contributed by atoms with Crippen molar-refractivity contribution in [1.29, 1.82) is 0 Å². The van der Waals surface area contributed by atoms with Gasteiger partial charge in [-0.25, -0.2) is 4.39 Å². The summed E-state index contributed by atoms with van der Waals surface area (Å²) in [5.41, 5.74) is 1.21. The van der Waals surface area contributed by atoms with Crippen molar-refractivity contribution in [3.8, 4) is 11.5 Å². The van der Waals surface area contributed by atoms with Crippen LogP contribution in [-0.2, 0) is 0 Å². The van der Waals surface area contributed by atoms with Crippen LogP contribution >= 0.6 is 11.6 Å². The molecule has 2 aromatic rings. The number of benzene rings is 2. The van der Waals surface area contributed by atoms with Crippen LogP contribution in [0.4, 0.5) is 10.1 Å². The van der Waals surface area contributed by atoms with E-state index in [0.717, 1.165) is 6.42 Å². The molecule has 0 saturated heterocycles. The molecule has 1 heterocycles. The smallest absolute Gasteiger partial charge is 0.255 e. The minimum Gasteiger partial charge on any atom is -0.489 e. The monoisotopic (exact) mass is 335 g/mol. The molecule has 0 aromatic heterocycles. The van der Waals surface area contributed by atoms with E-state index in [1.807, 2.05) is 0 Å². The number of hydrogen-bond donors (Lipinski definition) is 1. The van der Waals surface area contributed by atoms with E-state index in [0.29, 0.717) is 46.5 Å². The fourth-order valence-electron chi connectivity index (χ4n) is 2.24. The van der Waals surface area contributed by atoms with Crippen molar-refractivity contribution in [1.82, 2.24) is 0 Å². The lowest BCUT2D eigenvalue weighted by molar-refractivity contribution is 0.102. The number of carbonyl (C=O) groups is 1. The number of rotatable bonds is 2. The Labute approximate surface area is 138 Å². The highest BCUT2D eigenvalue weighted by molar-refractivity contribution is 6.32. The molecule has 4 nitrogen and oxygen atoms in total. The number of amides is 1. The molecule has 3 rings (SSSR count). The van der Waals surface area contributed by atoms with Gasteiger partial charge in [0.25, 0.3) is 5.91 Å². The van der Waals surface area contributed by atoms with Crippen LogP contribution < -0.4 is 14.8 Å². The van der Waals surface area contributed by atoms with Crippen LogP contribution in [0.15, 0.2) is 30.3 Å². The van der Waals surface area contributed by atoms with E-state index < -0.39 is 5.91 Å². The van der Waals surface area contributed by atoms with Gasteiger partial charge >= 0.3 is 0 Å². The van der Waals surface area contributed by atoms with Gasteiger partial charge in [-0.1, -0.05) is 17.7 Å². The Morgan fingerprint density at radius 2 is 2.00 bits per heavy atom. The predicted molar refractivity (Wildman–Crippen MR) is 86.1 cm³/mol. The van der Waals surface area contributed by atoms with Gasteiger partial charge in [0.2, 0.25) is 0 Å². The molecule has 0 fully saturated rings. The maximum absolute atomic E-state index is 13.6. The molecule has 0 radical (unpaired) electrons. The van der Waals surface area contributed by atoms with Gasteiger partial charge in [0.15, 0.2) is 11.5 Å². The third-order valence-electron chi connectivity index (χ3n) is 3.49. The molecule has 0 spiro atoms. The lowest BCUT2D eigenvalue weighted by Gasteiger charge is -2.12. The van der Waals surface area contributed by atoms with Gasteiger partial charge in [-0.05, 0) is 36.8 Å². The van der Waals surface area contributed by atoms with Crippen molar-refractivity contribution in [2.75, 3.05) is 18.5 Å². The molecule has 0 atom stereocenters. The predicted octanol–water partition coefficient (Wildman–Crippen LogP) is 4.20. The first-order valence-corrected chi connectivity index (χ1v) is 7.59. The zero-order valence-corrected chi connectivity index (χ0v) is 13.2. The topological polar surface area (TPSA) is 47.6 Å². The van der Waals surface area contributed by atoms with E-state index in [4.69, 9.17) is 21.1 Å². The van der Waals surface area contributed by atoms with Crippen molar-refractivity contribution in [2.24, 2.45) is 0 Å². The lowest BCUT2D eigenvalue weighted by atomic mass is 10.1. The van der Waals surface area contributed by atoms with Crippen LogP contribution in [0.3, 0.4) is 0 Å². The maximum Gasteiger partial charge on any atom is 0.255 e. The Kier molecular flexibility index (Phi) is 4.39. The minimum absolute atomic E-state index is 0.310. The second-order valence-electron chi connectivity index (χ2n) is 5.25. The Morgan fingerprint density at radius 1 is 1.22 bits per heavy atom. The normalized spacial score (nSPS) is 13.3. The third-order valence-corrected chi connectivity index (χ3v) is 3.77. The van der Waals surface area contributed by atoms with Crippen LogP contribution in [-0.4, -0.2) is 19.1 Å². The molecule has 0 unspecified atom stereocenters. The number of anilines is 1. The van der Waals surface area contributed by atoms with Crippen LogP contribution in [0.5, 0.6) is 11.5 Å². The van der Waals surface area contributed by atoms with Crippen LogP contribution in [0, 0.1) is 12.7 Å². The summed E-state index contributed by atoms with van der Waals surface area (Å²) in [6.45, 7) is 2.67. The number of halogens is 2. The Balaban J connectivity index is 1.86. The van der Waals surface area contributed by atoms with Gasteiger partial charge in [-0.15, -0.1) is 0 Å². The van der Waals surface area contributed by atoms with Crippen LogP contribution in [0.1, 0.15) is 22.3 Å². The zero-order chi connectivity index (χ0) is 16.4. The summed E-state index contributed by atoms with van der Waals surface area (Å²) in [5, 5.41) is 2.95. The molecule has 1 amide bonds. The first kappa shape index (κ1) is 15.6. The Morgan fingerprint density at radius 3 is 2.78 bits per heavy atom. The standard InChI is InChI=1S/C17H15ClFNO3/c1-10-3-4-12(9-14(10)19)20-17(21)11-7-13(18)16-15(8-11)22-5-2-6-23-16/h3-4,7-9H,2,5-6H2,1H3,(H,20,21). The molecular formula is C17H15ClFNO3. The second kappa shape index (κ2) is 6.46. The quantitative estimate of drug-likeness (QED) is 0.894. The number of hydrogen-bond acceptors (Lipinski definition) is 3. The largest absolute Gasteiger partial charge is 0.489 e. The highest BCUT2D eigenvalue weighted by atomic mass is 35.5. The van der Waals surface area contributed by atoms with Crippen LogP contribution in [0.2, 0.25) is 5.02 Å². The van der Waals surface area contributed by atoms with Crippen molar-refractivity contribution >= 4 is 23.2 Å². The molecule has 1 aliphatic rings. The van der Waals surface area contributed by atoms with Gasteiger partial charge in [-0.2, -0.15) is 0 Å². The first-order valence-electron chi connectivity index (χ1n) is 7.21. The summed E-state index contributed by atoms with van der Waals surface area (Å²) in [7, 11) is 0.